The van der Waals surface area contributed by atoms with E-state index in [9.17, 15) is 18.0 Å². The molecular weight excluding hydrogens is 450 g/mol. The maximum absolute atomic E-state index is 13.1. The molecule has 0 radical (unpaired) electrons. The quantitative estimate of drug-likeness (QED) is 0.499. The van der Waals surface area contributed by atoms with E-state index in [2.05, 4.69) is 10.6 Å². The number of nitrogens with one attached hydrogen (secondary N) is 2. The van der Waals surface area contributed by atoms with E-state index in [1.54, 1.807) is 55.5 Å². The zero-order valence-corrected chi connectivity index (χ0v) is 20.5. The summed E-state index contributed by atoms with van der Waals surface area (Å²) >= 11 is 0. The average molecular weight is 480 g/mol. The lowest BCUT2D eigenvalue weighted by Crippen LogP contribution is -2.27. The van der Waals surface area contributed by atoms with Crippen LogP contribution in [0.2, 0.25) is 0 Å². The Morgan fingerprint density at radius 1 is 0.882 bits per heavy atom. The minimum Gasteiger partial charge on any atom is -0.352 e. The van der Waals surface area contributed by atoms with Crippen LogP contribution in [0.4, 0.5) is 11.4 Å². The lowest BCUT2D eigenvalue weighted by molar-refractivity contribution is 0.0948. The largest absolute Gasteiger partial charge is 0.352 e. The number of hydrogen-bond donors (Lipinski definition) is 2. The maximum Gasteiger partial charge on any atom is 0.264 e. The van der Waals surface area contributed by atoms with E-state index in [0.717, 1.165) is 5.56 Å². The molecule has 0 aliphatic heterocycles. The van der Waals surface area contributed by atoms with Gasteiger partial charge in [-0.3, -0.25) is 13.9 Å². The molecule has 0 fully saturated rings. The summed E-state index contributed by atoms with van der Waals surface area (Å²) in [5.74, 6) is -0.273. The molecule has 0 bridgehead atoms. The summed E-state index contributed by atoms with van der Waals surface area (Å²) in [4.78, 5) is 25.2. The van der Waals surface area contributed by atoms with Gasteiger partial charge in [0.2, 0.25) is 0 Å². The molecule has 0 unspecified atom stereocenters. The van der Waals surface area contributed by atoms with Gasteiger partial charge in [0.25, 0.3) is 21.8 Å². The van der Waals surface area contributed by atoms with E-state index in [1.807, 2.05) is 19.9 Å². The van der Waals surface area contributed by atoms with Crippen LogP contribution in [0, 0.1) is 12.8 Å². The molecule has 34 heavy (non-hydrogen) atoms. The molecule has 3 rings (SSSR count). The van der Waals surface area contributed by atoms with Crippen molar-refractivity contribution in [1.82, 2.24) is 5.32 Å². The van der Waals surface area contributed by atoms with Crippen molar-refractivity contribution in [2.45, 2.75) is 25.7 Å². The Balaban J connectivity index is 1.77. The van der Waals surface area contributed by atoms with Crippen LogP contribution in [0.1, 0.15) is 40.1 Å². The third-order valence-electron chi connectivity index (χ3n) is 5.28. The number of carbonyl (C=O) groups is 2. The van der Waals surface area contributed by atoms with Crippen molar-refractivity contribution in [2.75, 3.05) is 23.2 Å². The molecule has 0 atom stereocenters. The summed E-state index contributed by atoms with van der Waals surface area (Å²) in [5.41, 5.74) is 2.50. The van der Waals surface area contributed by atoms with E-state index < -0.39 is 15.9 Å². The summed E-state index contributed by atoms with van der Waals surface area (Å²) in [5, 5.41) is 5.67. The van der Waals surface area contributed by atoms with Crippen molar-refractivity contribution in [3.8, 4) is 0 Å². The van der Waals surface area contributed by atoms with Crippen molar-refractivity contribution < 1.29 is 18.0 Å². The Morgan fingerprint density at radius 3 is 2.21 bits per heavy atom. The zero-order chi connectivity index (χ0) is 24.9. The van der Waals surface area contributed by atoms with Crippen molar-refractivity contribution >= 4 is 33.2 Å². The predicted octanol–water partition coefficient (Wildman–Crippen LogP) is 4.46. The number of rotatable bonds is 8. The SMILES string of the molecule is Cc1cc(C(=O)NCC(C)C)ccc1NC(=O)c1cccc(S(=O)(=O)N(C)c2ccccc2)c1. The van der Waals surface area contributed by atoms with Crippen LogP contribution in [-0.4, -0.2) is 33.8 Å². The monoisotopic (exact) mass is 479 g/mol. The molecule has 0 spiro atoms. The number of hydrogen-bond acceptors (Lipinski definition) is 4. The van der Waals surface area contributed by atoms with Crippen LogP contribution < -0.4 is 14.9 Å². The van der Waals surface area contributed by atoms with E-state index in [1.165, 1.54) is 29.6 Å². The van der Waals surface area contributed by atoms with Crippen LogP contribution in [0.15, 0.2) is 77.7 Å². The molecule has 2 N–H and O–H groups in total. The van der Waals surface area contributed by atoms with Gasteiger partial charge in [0.05, 0.1) is 10.6 Å². The topological polar surface area (TPSA) is 95.6 Å². The summed E-state index contributed by atoms with van der Waals surface area (Å²) in [6.07, 6.45) is 0. The van der Waals surface area contributed by atoms with Gasteiger partial charge in [-0.1, -0.05) is 38.1 Å². The average Bonchev–Trinajstić information content (AvgIpc) is 2.83. The first-order valence-corrected chi connectivity index (χ1v) is 12.4. The molecule has 3 aromatic rings. The highest BCUT2D eigenvalue weighted by Gasteiger charge is 2.22. The van der Waals surface area contributed by atoms with Crippen molar-refractivity contribution in [3.63, 3.8) is 0 Å². The molecule has 0 aromatic heterocycles. The van der Waals surface area contributed by atoms with Crippen LogP contribution in [-0.2, 0) is 10.0 Å². The number of sulfonamides is 1. The fourth-order valence-electron chi connectivity index (χ4n) is 3.27. The number of carbonyl (C=O) groups excluding carboxylic acids is 2. The molecule has 7 nitrogen and oxygen atoms in total. The molecule has 178 valence electrons. The molecule has 0 aliphatic carbocycles. The van der Waals surface area contributed by atoms with Gasteiger partial charge in [0.1, 0.15) is 0 Å². The van der Waals surface area contributed by atoms with E-state index in [-0.39, 0.29) is 16.4 Å². The van der Waals surface area contributed by atoms with E-state index in [4.69, 9.17) is 0 Å². The standard InChI is InChI=1S/C26H29N3O4S/c1-18(2)17-27-25(30)21-13-14-24(19(3)15-21)28-26(31)20-9-8-12-23(16-20)34(32,33)29(4)22-10-6-5-7-11-22/h5-16,18H,17H2,1-4H3,(H,27,30)(H,28,31). The number of anilines is 2. The Bertz CT molecular complexity index is 1290. The minimum atomic E-state index is -3.85. The molecule has 3 aromatic carbocycles. The van der Waals surface area contributed by atoms with Gasteiger partial charge >= 0.3 is 0 Å². The van der Waals surface area contributed by atoms with Gasteiger partial charge in [-0.2, -0.15) is 0 Å². The fraction of sp³-hybridized carbons (Fsp3) is 0.231. The van der Waals surface area contributed by atoms with Gasteiger partial charge in [0.15, 0.2) is 0 Å². The van der Waals surface area contributed by atoms with Crippen LogP contribution in [0.3, 0.4) is 0 Å². The second-order valence-corrected chi connectivity index (χ2v) is 10.4. The third kappa shape index (κ3) is 5.82. The Hall–Kier alpha value is -3.65. The minimum absolute atomic E-state index is 0.0143. The van der Waals surface area contributed by atoms with E-state index in [0.29, 0.717) is 29.4 Å². The highest BCUT2D eigenvalue weighted by Crippen LogP contribution is 2.23. The molecule has 0 saturated heterocycles. The summed E-state index contributed by atoms with van der Waals surface area (Å²) in [7, 11) is -2.38. The first kappa shape index (κ1) is 25.0. The Kier molecular flexibility index (Phi) is 7.73. The molecule has 0 heterocycles. The summed E-state index contributed by atoms with van der Waals surface area (Å²) < 4.78 is 27.3. The number of aryl methyl sites for hydroxylation is 1. The Morgan fingerprint density at radius 2 is 1.56 bits per heavy atom. The number of nitrogens with zero attached hydrogens (tertiary/aromatic N) is 1. The maximum atomic E-state index is 13.1. The predicted molar refractivity (Wildman–Crippen MR) is 135 cm³/mol. The van der Waals surface area contributed by atoms with Crippen LogP contribution >= 0.6 is 0 Å². The first-order chi connectivity index (χ1) is 16.1. The molecule has 0 saturated carbocycles. The van der Waals surface area contributed by atoms with E-state index >= 15 is 0 Å². The van der Waals surface area contributed by atoms with Crippen molar-refractivity contribution in [1.29, 1.82) is 0 Å². The lowest BCUT2D eigenvalue weighted by atomic mass is 10.1. The van der Waals surface area contributed by atoms with Crippen molar-refractivity contribution in [3.05, 3.63) is 89.5 Å². The number of amides is 2. The second-order valence-electron chi connectivity index (χ2n) is 8.42. The third-order valence-corrected chi connectivity index (χ3v) is 7.06. The summed E-state index contributed by atoms with van der Waals surface area (Å²) in [6, 6.07) is 19.6. The van der Waals surface area contributed by atoms with Gasteiger partial charge in [-0.05, 0) is 66.9 Å². The molecule has 8 heteroatoms. The molecule has 2 amide bonds. The second kappa shape index (κ2) is 10.5. The normalized spacial score (nSPS) is 11.2. The van der Waals surface area contributed by atoms with Crippen molar-refractivity contribution in [2.24, 2.45) is 5.92 Å². The highest BCUT2D eigenvalue weighted by atomic mass is 32.2. The van der Waals surface area contributed by atoms with Crippen LogP contribution in [0.25, 0.3) is 0 Å². The smallest absolute Gasteiger partial charge is 0.264 e. The fourth-order valence-corrected chi connectivity index (χ4v) is 4.51. The van der Waals surface area contributed by atoms with Gasteiger partial charge in [-0.15, -0.1) is 0 Å². The number of para-hydroxylation sites is 1. The summed E-state index contributed by atoms with van der Waals surface area (Å²) in [6.45, 7) is 6.41. The first-order valence-electron chi connectivity index (χ1n) is 10.9. The van der Waals surface area contributed by atoms with Gasteiger partial charge in [-0.25, -0.2) is 8.42 Å². The van der Waals surface area contributed by atoms with Crippen LogP contribution in [0.5, 0.6) is 0 Å². The number of benzene rings is 3. The molecule has 0 aliphatic rings. The molecular formula is C26H29N3O4S. The Labute approximate surface area is 200 Å². The highest BCUT2D eigenvalue weighted by molar-refractivity contribution is 7.92. The lowest BCUT2D eigenvalue weighted by Gasteiger charge is -2.19. The van der Waals surface area contributed by atoms with Gasteiger partial charge < -0.3 is 10.6 Å². The zero-order valence-electron chi connectivity index (χ0n) is 19.7. The van der Waals surface area contributed by atoms with Gasteiger partial charge in [0, 0.05) is 30.4 Å².